The predicted molar refractivity (Wildman–Crippen MR) is 128 cm³/mol. The molecule has 2 aromatic rings. The number of hydrogen-bond donors (Lipinski definition) is 0. The predicted octanol–water partition coefficient (Wildman–Crippen LogP) is 7.40. The fourth-order valence-corrected chi connectivity index (χ4v) is 8.60. The summed E-state index contributed by atoms with van der Waals surface area (Å²) in [4.78, 5) is 11.9. The molecule has 0 radical (unpaired) electrons. The summed E-state index contributed by atoms with van der Waals surface area (Å²) in [6.07, 6.45) is 5.55. The highest BCUT2D eigenvalue weighted by Gasteiger charge is 2.45. The fraction of sp³-hybridized carbons (Fsp3) is 0.520. The van der Waals surface area contributed by atoms with Gasteiger partial charge in [0.2, 0.25) is 0 Å². The number of nitrogens with zero attached hydrogens (tertiary/aromatic N) is 1. The minimum Gasteiger partial charge on any atom is -0.489 e. The lowest BCUT2D eigenvalue weighted by molar-refractivity contribution is 0.0886. The van der Waals surface area contributed by atoms with E-state index in [1.165, 1.54) is 17.5 Å². The van der Waals surface area contributed by atoms with Gasteiger partial charge in [-0.25, -0.2) is 0 Å². The van der Waals surface area contributed by atoms with E-state index in [-0.39, 0.29) is 10.2 Å². The molecule has 2 heterocycles. The van der Waals surface area contributed by atoms with Crippen molar-refractivity contribution < 1.29 is 4.74 Å². The van der Waals surface area contributed by atoms with Crippen molar-refractivity contribution >= 4 is 29.2 Å². The molecular weight excluding hydrogens is 410 g/mol. The van der Waals surface area contributed by atoms with Crippen LogP contribution >= 0.6 is 23.5 Å². The third-order valence-corrected chi connectivity index (χ3v) is 10.6. The van der Waals surface area contributed by atoms with E-state index in [0.717, 1.165) is 48.5 Å². The van der Waals surface area contributed by atoms with Crippen molar-refractivity contribution in [2.75, 3.05) is 11.5 Å². The Morgan fingerprint density at radius 2 is 1.90 bits per heavy atom. The summed E-state index contributed by atoms with van der Waals surface area (Å²) in [5.74, 6) is 3.52. The molecule has 3 aliphatic rings. The van der Waals surface area contributed by atoms with E-state index in [2.05, 4.69) is 61.5 Å². The van der Waals surface area contributed by atoms with Gasteiger partial charge in [0.05, 0.1) is 4.08 Å². The number of ether oxygens (including phenoxy) is 1. The monoisotopic (exact) mass is 439 g/mol. The lowest BCUT2D eigenvalue weighted by Crippen LogP contribution is -2.32. The minimum absolute atomic E-state index is 0.0271. The third-order valence-electron chi connectivity index (χ3n) is 6.98. The van der Waals surface area contributed by atoms with Crippen LogP contribution in [0.25, 0.3) is 0 Å². The minimum atomic E-state index is -0.0271. The van der Waals surface area contributed by atoms with E-state index in [0.29, 0.717) is 17.0 Å². The Morgan fingerprint density at radius 1 is 1.13 bits per heavy atom. The van der Waals surface area contributed by atoms with Crippen molar-refractivity contribution in [2.45, 2.75) is 62.1 Å². The van der Waals surface area contributed by atoms with Gasteiger partial charge in [-0.1, -0.05) is 44.2 Å². The van der Waals surface area contributed by atoms with Gasteiger partial charge in [-0.2, -0.15) is 0 Å². The van der Waals surface area contributed by atoms with Gasteiger partial charge in [0, 0.05) is 23.0 Å². The SMILES string of the molecule is CC1(C)CCC2c3c(N=O)cc(C4(CCc5ccccc5)SCCS4)cc3OC2C1. The molecular formula is C25H29NO2S2. The summed E-state index contributed by atoms with van der Waals surface area (Å²) in [7, 11) is 0. The van der Waals surface area contributed by atoms with Crippen LogP contribution in [0.1, 0.15) is 62.1 Å². The van der Waals surface area contributed by atoms with Crippen molar-refractivity contribution in [1.29, 1.82) is 0 Å². The molecule has 0 N–H and O–H groups in total. The van der Waals surface area contributed by atoms with Gasteiger partial charge in [-0.15, -0.1) is 28.4 Å². The molecule has 1 saturated carbocycles. The van der Waals surface area contributed by atoms with E-state index in [4.69, 9.17) is 4.74 Å². The van der Waals surface area contributed by atoms with Gasteiger partial charge >= 0.3 is 0 Å². The first-order valence-corrected chi connectivity index (χ1v) is 13.0. The maximum Gasteiger partial charge on any atom is 0.126 e. The van der Waals surface area contributed by atoms with E-state index in [1.807, 2.05) is 23.5 Å². The van der Waals surface area contributed by atoms with Crippen LogP contribution in [0.2, 0.25) is 0 Å². The molecule has 2 fully saturated rings. The zero-order valence-electron chi connectivity index (χ0n) is 17.7. The second-order valence-corrected chi connectivity index (χ2v) is 12.6. The zero-order chi connectivity index (χ0) is 20.8. The first kappa shape index (κ1) is 20.4. The number of hydrogen-bond acceptors (Lipinski definition) is 5. The van der Waals surface area contributed by atoms with Crippen LogP contribution in [-0.4, -0.2) is 17.6 Å². The van der Waals surface area contributed by atoms with Gasteiger partial charge in [-0.3, -0.25) is 0 Å². The Kier molecular flexibility index (Phi) is 5.39. The summed E-state index contributed by atoms with van der Waals surface area (Å²) >= 11 is 4.03. The van der Waals surface area contributed by atoms with Crippen LogP contribution in [0.5, 0.6) is 5.75 Å². The average molecular weight is 440 g/mol. The number of fused-ring (bicyclic) bond motifs is 3. The Balaban J connectivity index is 1.48. The van der Waals surface area contributed by atoms with E-state index >= 15 is 0 Å². The Labute approximate surface area is 187 Å². The molecule has 1 saturated heterocycles. The highest BCUT2D eigenvalue weighted by molar-refractivity contribution is 8.20. The first-order valence-electron chi connectivity index (χ1n) is 11.0. The summed E-state index contributed by atoms with van der Waals surface area (Å²) in [6.45, 7) is 4.65. The van der Waals surface area contributed by atoms with Crippen LogP contribution < -0.4 is 4.74 Å². The van der Waals surface area contributed by atoms with Crippen LogP contribution in [0.4, 0.5) is 5.69 Å². The summed E-state index contributed by atoms with van der Waals surface area (Å²) in [5.41, 5.74) is 4.55. The van der Waals surface area contributed by atoms with E-state index in [1.54, 1.807) is 0 Å². The third kappa shape index (κ3) is 3.69. The molecule has 0 bridgehead atoms. The van der Waals surface area contributed by atoms with Gasteiger partial charge in [-0.05, 0) is 66.0 Å². The molecule has 0 spiro atoms. The van der Waals surface area contributed by atoms with E-state index < -0.39 is 0 Å². The second-order valence-electron chi connectivity index (χ2n) is 9.60. The van der Waals surface area contributed by atoms with Crippen LogP contribution in [0.3, 0.4) is 0 Å². The van der Waals surface area contributed by atoms with Crippen LogP contribution in [0.15, 0.2) is 47.6 Å². The molecule has 5 heteroatoms. The molecule has 30 heavy (non-hydrogen) atoms. The lowest BCUT2D eigenvalue weighted by Gasteiger charge is -2.36. The van der Waals surface area contributed by atoms with Crippen molar-refractivity contribution in [3.63, 3.8) is 0 Å². The molecule has 5 rings (SSSR count). The molecule has 2 aromatic carbocycles. The molecule has 0 aromatic heterocycles. The smallest absolute Gasteiger partial charge is 0.126 e. The quantitative estimate of drug-likeness (QED) is 0.455. The average Bonchev–Trinajstić information content (AvgIpc) is 3.36. The van der Waals surface area contributed by atoms with Gasteiger partial charge in [0.1, 0.15) is 17.5 Å². The standard InChI is InChI=1S/C25H29NO2S2/c1-24(2)10-9-19-22(16-24)28-21-15-18(14-20(26-27)23(19)21)25(29-12-13-30-25)11-8-17-6-4-3-5-7-17/h3-7,14-15,19,22H,8-13,16H2,1-2H3. The van der Waals surface area contributed by atoms with Crippen molar-refractivity contribution in [2.24, 2.45) is 10.6 Å². The first-order chi connectivity index (χ1) is 14.5. The molecule has 3 nitrogen and oxygen atoms in total. The highest BCUT2D eigenvalue weighted by Crippen LogP contribution is 2.59. The van der Waals surface area contributed by atoms with Crippen molar-refractivity contribution in [1.82, 2.24) is 0 Å². The van der Waals surface area contributed by atoms with Gasteiger partial charge in [0.25, 0.3) is 0 Å². The van der Waals surface area contributed by atoms with E-state index in [9.17, 15) is 4.91 Å². The fourth-order valence-electron chi connectivity index (χ4n) is 5.38. The Morgan fingerprint density at radius 3 is 2.63 bits per heavy atom. The number of thioether (sulfide) groups is 2. The number of aryl methyl sites for hydroxylation is 1. The van der Waals surface area contributed by atoms with Gasteiger partial charge in [0.15, 0.2) is 0 Å². The molecule has 2 aliphatic heterocycles. The van der Waals surface area contributed by atoms with Crippen molar-refractivity contribution in [3.8, 4) is 5.75 Å². The van der Waals surface area contributed by atoms with Crippen molar-refractivity contribution in [3.05, 3.63) is 64.1 Å². The second kappa shape index (κ2) is 7.90. The topological polar surface area (TPSA) is 38.7 Å². The Bertz CT molecular complexity index is 938. The van der Waals surface area contributed by atoms with Crippen LogP contribution in [-0.2, 0) is 10.5 Å². The maximum absolute atomic E-state index is 11.9. The molecule has 1 aliphatic carbocycles. The Hall–Kier alpha value is -1.46. The maximum atomic E-state index is 11.9. The summed E-state index contributed by atoms with van der Waals surface area (Å²) in [5, 5.41) is 3.50. The number of nitroso groups, excluding NO2 is 1. The summed E-state index contributed by atoms with van der Waals surface area (Å²) in [6, 6.07) is 15.0. The number of benzene rings is 2. The molecule has 2 atom stereocenters. The largest absolute Gasteiger partial charge is 0.489 e. The highest BCUT2D eigenvalue weighted by atomic mass is 32.2. The van der Waals surface area contributed by atoms with Gasteiger partial charge < -0.3 is 4.74 Å². The number of rotatable bonds is 5. The summed E-state index contributed by atoms with van der Waals surface area (Å²) < 4.78 is 6.45. The molecule has 158 valence electrons. The van der Waals surface area contributed by atoms with Crippen LogP contribution in [0, 0.1) is 10.3 Å². The lowest BCUT2D eigenvalue weighted by atomic mass is 9.70. The zero-order valence-corrected chi connectivity index (χ0v) is 19.4. The molecule has 0 amide bonds. The molecule has 2 unspecified atom stereocenters. The normalized spacial score (nSPS) is 25.9.